The van der Waals surface area contributed by atoms with Crippen LogP contribution in [-0.4, -0.2) is 35.9 Å². The third kappa shape index (κ3) is 2.54. The van der Waals surface area contributed by atoms with Crippen molar-refractivity contribution < 1.29 is 9.84 Å². The Morgan fingerprint density at radius 2 is 2.41 bits per heavy atom. The monoisotopic (exact) mass is 256 g/mol. The fourth-order valence-corrected chi connectivity index (χ4v) is 2.52. The Bertz CT molecular complexity index is 400. The van der Waals surface area contributed by atoms with Crippen LogP contribution in [0.25, 0.3) is 0 Å². The highest BCUT2D eigenvalue weighted by atomic mass is 35.5. The molecular weight excluding hydrogens is 240 g/mol. The average Bonchev–Trinajstić information content (AvgIpc) is 2.74. The van der Waals surface area contributed by atoms with E-state index in [0.29, 0.717) is 11.1 Å². The van der Waals surface area contributed by atoms with Crippen LogP contribution in [0.5, 0.6) is 0 Å². The van der Waals surface area contributed by atoms with Gasteiger partial charge in [0.2, 0.25) is 0 Å². The summed E-state index contributed by atoms with van der Waals surface area (Å²) in [6.45, 7) is 2.80. The van der Waals surface area contributed by atoms with Gasteiger partial charge in [-0.15, -0.1) is 0 Å². The molecule has 1 aliphatic rings. The fourth-order valence-electron chi connectivity index (χ4n) is 2.20. The number of hydrogen-bond acceptors (Lipinski definition) is 4. The maximum Gasteiger partial charge on any atom is 0.147 e. The quantitative estimate of drug-likeness (QED) is 0.897. The highest BCUT2D eigenvalue weighted by molar-refractivity contribution is 6.33. The molecule has 0 saturated carbocycles. The number of rotatable bonds is 3. The molecule has 94 valence electrons. The molecular formula is C12H17ClN2O2. The highest BCUT2D eigenvalue weighted by Crippen LogP contribution is 2.28. The first-order valence-corrected chi connectivity index (χ1v) is 6.11. The van der Waals surface area contributed by atoms with E-state index < -0.39 is 0 Å². The van der Waals surface area contributed by atoms with Crippen molar-refractivity contribution in [1.29, 1.82) is 0 Å². The lowest BCUT2D eigenvalue weighted by molar-refractivity contribution is 0.118. The minimum Gasteiger partial charge on any atom is -0.392 e. The van der Waals surface area contributed by atoms with Crippen molar-refractivity contribution in [3.05, 3.63) is 22.8 Å². The van der Waals surface area contributed by atoms with Crippen LogP contribution in [0.4, 0.5) is 5.82 Å². The molecule has 0 radical (unpaired) electrons. The maximum absolute atomic E-state index is 9.01. The molecule has 1 saturated heterocycles. The average molecular weight is 257 g/mol. The van der Waals surface area contributed by atoms with E-state index in [2.05, 4.69) is 16.8 Å². The molecule has 4 nitrogen and oxygen atoms in total. The smallest absolute Gasteiger partial charge is 0.147 e. The second-order valence-corrected chi connectivity index (χ2v) is 4.76. The van der Waals surface area contributed by atoms with E-state index in [4.69, 9.17) is 21.4 Å². The van der Waals surface area contributed by atoms with Crippen molar-refractivity contribution in [3.63, 3.8) is 0 Å². The number of aliphatic hydroxyl groups is 1. The number of hydrogen-bond donors (Lipinski definition) is 1. The van der Waals surface area contributed by atoms with Gasteiger partial charge in [-0.1, -0.05) is 11.6 Å². The summed E-state index contributed by atoms with van der Waals surface area (Å²) < 4.78 is 5.54. The number of pyridine rings is 1. The predicted molar refractivity (Wildman–Crippen MR) is 67.4 cm³/mol. The molecule has 1 fully saturated rings. The van der Waals surface area contributed by atoms with Crippen LogP contribution in [0, 0.1) is 0 Å². The normalized spacial score (nSPS) is 24.0. The van der Waals surface area contributed by atoms with Gasteiger partial charge in [0, 0.05) is 19.9 Å². The third-order valence-electron chi connectivity index (χ3n) is 3.23. The predicted octanol–water partition coefficient (Wildman–Crippen LogP) is 1.84. The lowest BCUT2D eigenvalue weighted by Crippen LogP contribution is -2.37. The lowest BCUT2D eigenvalue weighted by Gasteiger charge is -2.28. The van der Waals surface area contributed by atoms with E-state index in [-0.39, 0.29) is 12.7 Å². The van der Waals surface area contributed by atoms with Crippen molar-refractivity contribution in [2.24, 2.45) is 0 Å². The van der Waals surface area contributed by atoms with Gasteiger partial charge in [-0.25, -0.2) is 4.98 Å². The molecule has 1 aromatic heterocycles. The summed E-state index contributed by atoms with van der Waals surface area (Å²) in [4.78, 5) is 6.36. The lowest BCUT2D eigenvalue weighted by atomic mass is 10.1. The van der Waals surface area contributed by atoms with Gasteiger partial charge in [-0.3, -0.25) is 0 Å². The molecule has 1 aliphatic heterocycles. The molecule has 0 bridgehead atoms. The second kappa shape index (κ2) is 5.21. The zero-order valence-electron chi connectivity index (χ0n) is 10.1. The zero-order chi connectivity index (χ0) is 12.4. The largest absolute Gasteiger partial charge is 0.392 e. The van der Waals surface area contributed by atoms with Crippen molar-refractivity contribution >= 4 is 17.4 Å². The number of likely N-dealkylation sites (N-methyl/N-ethyl adjacent to an activating group) is 1. The molecule has 17 heavy (non-hydrogen) atoms. The van der Waals surface area contributed by atoms with Crippen LogP contribution in [0.15, 0.2) is 12.3 Å². The van der Waals surface area contributed by atoms with Gasteiger partial charge in [0.05, 0.1) is 23.8 Å². The van der Waals surface area contributed by atoms with E-state index in [1.807, 2.05) is 7.05 Å². The summed E-state index contributed by atoms with van der Waals surface area (Å²) in [5.74, 6) is 0.742. The number of aliphatic hydroxyl groups excluding tert-OH is 1. The molecule has 2 atom stereocenters. The van der Waals surface area contributed by atoms with E-state index in [1.165, 1.54) is 0 Å². The molecule has 0 aromatic carbocycles. The Labute approximate surface area is 106 Å². The molecule has 0 aliphatic carbocycles. The van der Waals surface area contributed by atoms with E-state index >= 15 is 0 Å². The van der Waals surface area contributed by atoms with Crippen molar-refractivity contribution in [2.45, 2.75) is 32.1 Å². The van der Waals surface area contributed by atoms with Crippen LogP contribution in [0.2, 0.25) is 5.02 Å². The van der Waals surface area contributed by atoms with Crippen molar-refractivity contribution in [3.8, 4) is 0 Å². The number of anilines is 1. The SMILES string of the molecule is CC1OCCC1N(C)c1ncc(CO)cc1Cl. The molecule has 1 aromatic rings. The number of nitrogens with zero attached hydrogens (tertiary/aromatic N) is 2. The molecule has 5 heteroatoms. The van der Waals surface area contributed by atoms with Gasteiger partial charge >= 0.3 is 0 Å². The van der Waals surface area contributed by atoms with Gasteiger partial charge < -0.3 is 14.7 Å². The zero-order valence-corrected chi connectivity index (χ0v) is 10.8. The van der Waals surface area contributed by atoms with Gasteiger partial charge in [0.15, 0.2) is 0 Å². The Hall–Kier alpha value is -0.840. The summed E-state index contributed by atoms with van der Waals surface area (Å²) >= 11 is 6.17. The van der Waals surface area contributed by atoms with Crippen molar-refractivity contribution in [2.75, 3.05) is 18.6 Å². The summed E-state index contributed by atoms with van der Waals surface area (Å²) in [6.07, 6.45) is 2.82. The second-order valence-electron chi connectivity index (χ2n) is 4.35. The maximum atomic E-state index is 9.01. The Balaban J connectivity index is 2.21. The fraction of sp³-hybridized carbons (Fsp3) is 0.583. The highest BCUT2D eigenvalue weighted by Gasteiger charge is 2.29. The Morgan fingerprint density at radius 1 is 1.65 bits per heavy atom. The van der Waals surface area contributed by atoms with E-state index in [0.717, 1.165) is 24.4 Å². The summed E-state index contributed by atoms with van der Waals surface area (Å²) in [5, 5.41) is 9.58. The van der Waals surface area contributed by atoms with E-state index in [1.54, 1.807) is 12.3 Å². The van der Waals surface area contributed by atoms with Crippen LogP contribution in [0.3, 0.4) is 0 Å². The molecule has 2 unspecified atom stereocenters. The minimum atomic E-state index is -0.0420. The van der Waals surface area contributed by atoms with Crippen molar-refractivity contribution in [1.82, 2.24) is 4.98 Å². The van der Waals surface area contributed by atoms with Gasteiger partial charge in [-0.05, 0) is 25.0 Å². The molecule has 0 amide bonds. The molecule has 2 rings (SSSR count). The Kier molecular flexibility index (Phi) is 3.86. The first-order valence-electron chi connectivity index (χ1n) is 5.73. The number of ether oxygens (including phenoxy) is 1. The van der Waals surface area contributed by atoms with Crippen LogP contribution in [0.1, 0.15) is 18.9 Å². The Morgan fingerprint density at radius 3 is 2.94 bits per heavy atom. The third-order valence-corrected chi connectivity index (χ3v) is 3.51. The van der Waals surface area contributed by atoms with Crippen LogP contribution < -0.4 is 4.90 Å². The summed E-state index contributed by atoms with van der Waals surface area (Å²) in [5.41, 5.74) is 0.725. The molecule has 1 N–H and O–H groups in total. The molecule has 2 heterocycles. The number of aromatic nitrogens is 1. The summed E-state index contributed by atoms with van der Waals surface area (Å²) in [6, 6.07) is 2.06. The summed E-state index contributed by atoms with van der Waals surface area (Å²) in [7, 11) is 1.97. The first kappa shape index (κ1) is 12.6. The van der Waals surface area contributed by atoms with Crippen LogP contribution >= 0.6 is 11.6 Å². The van der Waals surface area contributed by atoms with Gasteiger partial charge in [-0.2, -0.15) is 0 Å². The minimum absolute atomic E-state index is 0.0420. The first-order chi connectivity index (χ1) is 8.13. The molecule has 0 spiro atoms. The number of halogens is 1. The topological polar surface area (TPSA) is 45.6 Å². The van der Waals surface area contributed by atoms with Gasteiger partial charge in [0.25, 0.3) is 0 Å². The van der Waals surface area contributed by atoms with Crippen LogP contribution in [-0.2, 0) is 11.3 Å². The van der Waals surface area contributed by atoms with Gasteiger partial charge in [0.1, 0.15) is 5.82 Å². The standard InChI is InChI=1S/C12H17ClN2O2/c1-8-11(3-4-17-8)15(2)12-10(13)5-9(7-16)6-14-12/h5-6,8,11,16H,3-4,7H2,1-2H3. The van der Waals surface area contributed by atoms with E-state index in [9.17, 15) is 0 Å².